The van der Waals surface area contributed by atoms with Gasteiger partial charge in [-0.3, -0.25) is 19.3 Å². The van der Waals surface area contributed by atoms with Crippen LogP contribution >= 0.6 is 0 Å². The number of hydrogen-bond donors (Lipinski definition) is 2. The lowest BCUT2D eigenvalue weighted by atomic mass is 10.0. The molecule has 0 aromatic rings. The van der Waals surface area contributed by atoms with Gasteiger partial charge in [0.25, 0.3) is 0 Å². The summed E-state index contributed by atoms with van der Waals surface area (Å²) in [5.41, 5.74) is 5.72. The Bertz CT molecular complexity index is 517. The predicted molar refractivity (Wildman–Crippen MR) is 147 cm³/mol. The van der Waals surface area contributed by atoms with E-state index < -0.39 is 6.04 Å². The number of nitrogens with zero attached hydrogens (tertiary/aromatic N) is 1. The van der Waals surface area contributed by atoms with Crippen LogP contribution in [0.5, 0.6) is 0 Å². The first kappa shape index (κ1) is 33.6. The van der Waals surface area contributed by atoms with Gasteiger partial charge in [-0.25, -0.2) is 0 Å². The van der Waals surface area contributed by atoms with E-state index in [2.05, 4.69) is 26.1 Å². The van der Waals surface area contributed by atoms with E-state index in [1.807, 2.05) is 0 Å². The fraction of sp³-hybridized carbons (Fsp3) is 0.897. The molecule has 0 aromatic heterocycles. The third kappa shape index (κ3) is 17.6. The number of carbonyl (C=O) groups is 3. The van der Waals surface area contributed by atoms with Crippen molar-refractivity contribution in [3.05, 3.63) is 0 Å². The van der Waals surface area contributed by atoms with Crippen LogP contribution in [-0.4, -0.2) is 41.8 Å². The van der Waals surface area contributed by atoms with Crippen LogP contribution in [0.1, 0.15) is 149 Å². The lowest BCUT2D eigenvalue weighted by Gasteiger charge is -2.30. The molecule has 0 saturated carbocycles. The maximum absolute atomic E-state index is 13.1. The SMILES string of the molecule is CCCCCCCCCCCCNC(=O)[C@H](CCCN)N(C(=O)CCCCC)C(=O)CCCCC. The average Bonchev–Trinajstić information content (AvgIpc) is 2.85. The molecule has 0 aromatic carbocycles. The topological polar surface area (TPSA) is 92.5 Å². The Morgan fingerprint density at radius 3 is 1.51 bits per heavy atom. The first-order valence-electron chi connectivity index (χ1n) is 14.9. The molecule has 35 heavy (non-hydrogen) atoms. The monoisotopic (exact) mass is 495 g/mol. The number of unbranched alkanes of at least 4 members (excludes halogenated alkanes) is 13. The summed E-state index contributed by atoms with van der Waals surface area (Å²) in [6.45, 7) is 7.45. The number of imide groups is 1. The van der Waals surface area contributed by atoms with Crippen molar-refractivity contribution < 1.29 is 14.4 Å². The van der Waals surface area contributed by atoms with Crippen molar-refractivity contribution in [3.8, 4) is 0 Å². The van der Waals surface area contributed by atoms with Gasteiger partial charge in [0.05, 0.1) is 0 Å². The van der Waals surface area contributed by atoms with Gasteiger partial charge in [-0.1, -0.05) is 104 Å². The molecule has 3 amide bonds. The Balaban J connectivity index is 4.76. The normalized spacial score (nSPS) is 11.9. The minimum absolute atomic E-state index is 0.206. The molecule has 0 fully saturated rings. The predicted octanol–water partition coefficient (Wildman–Crippen LogP) is 6.65. The highest BCUT2D eigenvalue weighted by molar-refractivity contribution is 6.00. The molecule has 1 atom stereocenters. The summed E-state index contributed by atoms with van der Waals surface area (Å²) in [7, 11) is 0. The zero-order chi connectivity index (χ0) is 26.2. The van der Waals surface area contributed by atoms with Gasteiger partial charge in [-0.2, -0.15) is 0 Å². The highest BCUT2D eigenvalue weighted by Crippen LogP contribution is 2.16. The molecule has 0 aliphatic rings. The largest absolute Gasteiger partial charge is 0.354 e. The zero-order valence-corrected chi connectivity index (χ0v) is 23.4. The van der Waals surface area contributed by atoms with Gasteiger partial charge in [0, 0.05) is 19.4 Å². The Labute approximate surface area is 216 Å². The highest BCUT2D eigenvalue weighted by atomic mass is 16.2. The molecule has 0 rings (SSSR count). The third-order valence-corrected chi connectivity index (χ3v) is 6.65. The highest BCUT2D eigenvalue weighted by Gasteiger charge is 2.33. The fourth-order valence-corrected chi connectivity index (χ4v) is 4.41. The van der Waals surface area contributed by atoms with Crippen LogP contribution in [0.2, 0.25) is 0 Å². The fourth-order valence-electron chi connectivity index (χ4n) is 4.41. The molecule has 0 radical (unpaired) electrons. The standard InChI is InChI=1S/C29H57N3O3/c1-4-7-10-11-12-13-14-15-16-19-25-31-29(35)26(21-20-24-30)32(27(33)22-17-8-5-2)28(34)23-18-9-6-3/h26H,4-25,30H2,1-3H3,(H,31,35)/t26-/m0/s1. The summed E-state index contributed by atoms with van der Waals surface area (Å²) >= 11 is 0. The molecular weight excluding hydrogens is 438 g/mol. The van der Waals surface area contributed by atoms with Gasteiger partial charge in [0.2, 0.25) is 17.7 Å². The Morgan fingerprint density at radius 1 is 0.629 bits per heavy atom. The zero-order valence-electron chi connectivity index (χ0n) is 23.4. The van der Waals surface area contributed by atoms with E-state index in [0.717, 1.165) is 51.4 Å². The lowest BCUT2D eigenvalue weighted by Crippen LogP contribution is -2.52. The van der Waals surface area contributed by atoms with Crippen molar-refractivity contribution >= 4 is 17.7 Å². The number of rotatable bonds is 24. The van der Waals surface area contributed by atoms with Crippen molar-refractivity contribution in [2.45, 2.75) is 155 Å². The van der Waals surface area contributed by atoms with Gasteiger partial charge >= 0.3 is 0 Å². The van der Waals surface area contributed by atoms with E-state index in [1.165, 1.54) is 56.3 Å². The first-order chi connectivity index (χ1) is 17.0. The second-order valence-corrected chi connectivity index (χ2v) is 9.99. The van der Waals surface area contributed by atoms with Gasteiger partial charge in [0.15, 0.2) is 0 Å². The number of amides is 3. The molecule has 0 aliphatic heterocycles. The molecule has 0 saturated heterocycles. The van der Waals surface area contributed by atoms with Crippen LogP contribution in [0, 0.1) is 0 Å². The first-order valence-corrected chi connectivity index (χ1v) is 14.9. The summed E-state index contributed by atoms with van der Waals surface area (Å²) in [5, 5.41) is 3.02. The second kappa shape index (κ2) is 24.3. The van der Waals surface area contributed by atoms with Crippen molar-refractivity contribution in [3.63, 3.8) is 0 Å². The van der Waals surface area contributed by atoms with Gasteiger partial charge in [0.1, 0.15) is 6.04 Å². The van der Waals surface area contributed by atoms with Crippen LogP contribution in [0.3, 0.4) is 0 Å². The van der Waals surface area contributed by atoms with Crippen molar-refractivity contribution in [2.75, 3.05) is 13.1 Å². The van der Waals surface area contributed by atoms with E-state index in [4.69, 9.17) is 5.73 Å². The molecule has 6 nitrogen and oxygen atoms in total. The van der Waals surface area contributed by atoms with E-state index in [1.54, 1.807) is 0 Å². The van der Waals surface area contributed by atoms with Crippen LogP contribution in [-0.2, 0) is 14.4 Å². The van der Waals surface area contributed by atoms with Crippen LogP contribution in [0.15, 0.2) is 0 Å². The van der Waals surface area contributed by atoms with Gasteiger partial charge in [-0.05, 0) is 38.6 Å². The smallest absolute Gasteiger partial charge is 0.243 e. The lowest BCUT2D eigenvalue weighted by molar-refractivity contribution is -0.152. The number of nitrogens with two attached hydrogens (primary N) is 1. The minimum atomic E-state index is -0.745. The van der Waals surface area contributed by atoms with Crippen LogP contribution in [0.25, 0.3) is 0 Å². The van der Waals surface area contributed by atoms with Crippen LogP contribution < -0.4 is 11.1 Å². The summed E-state index contributed by atoms with van der Waals surface area (Å²) < 4.78 is 0. The number of nitrogens with one attached hydrogen (secondary N) is 1. The summed E-state index contributed by atoms with van der Waals surface area (Å²) in [6.07, 6.45) is 19.5. The molecule has 3 N–H and O–H groups in total. The van der Waals surface area contributed by atoms with E-state index >= 15 is 0 Å². The molecular formula is C29H57N3O3. The second-order valence-electron chi connectivity index (χ2n) is 9.99. The average molecular weight is 496 g/mol. The molecule has 0 aliphatic carbocycles. The van der Waals surface area contributed by atoms with Crippen LogP contribution in [0.4, 0.5) is 0 Å². The maximum Gasteiger partial charge on any atom is 0.243 e. The van der Waals surface area contributed by atoms with E-state index in [0.29, 0.717) is 38.8 Å². The van der Waals surface area contributed by atoms with Gasteiger partial charge < -0.3 is 11.1 Å². The van der Waals surface area contributed by atoms with Crippen molar-refractivity contribution in [1.29, 1.82) is 0 Å². The Hall–Kier alpha value is -1.43. The van der Waals surface area contributed by atoms with E-state index in [-0.39, 0.29) is 17.7 Å². The molecule has 0 bridgehead atoms. The van der Waals surface area contributed by atoms with Crippen molar-refractivity contribution in [1.82, 2.24) is 10.2 Å². The maximum atomic E-state index is 13.1. The summed E-state index contributed by atoms with van der Waals surface area (Å²) in [4.78, 5) is 40.5. The Kier molecular flexibility index (Phi) is 23.3. The van der Waals surface area contributed by atoms with Crippen molar-refractivity contribution in [2.24, 2.45) is 5.73 Å². The number of carbonyl (C=O) groups excluding carboxylic acids is 3. The quantitative estimate of drug-likeness (QED) is 0.147. The minimum Gasteiger partial charge on any atom is -0.354 e. The third-order valence-electron chi connectivity index (χ3n) is 6.65. The summed E-state index contributed by atoms with van der Waals surface area (Å²) in [5.74, 6) is -0.630. The molecule has 0 unspecified atom stereocenters. The van der Waals surface area contributed by atoms with E-state index in [9.17, 15) is 14.4 Å². The molecule has 206 valence electrons. The Morgan fingerprint density at radius 2 is 1.06 bits per heavy atom. The molecule has 0 heterocycles. The number of hydrogen-bond acceptors (Lipinski definition) is 4. The van der Waals surface area contributed by atoms with Gasteiger partial charge in [-0.15, -0.1) is 0 Å². The molecule has 6 heteroatoms. The summed E-state index contributed by atoms with van der Waals surface area (Å²) in [6, 6.07) is -0.745. The molecule has 0 spiro atoms.